The summed E-state index contributed by atoms with van der Waals surface area (Å²) < 4.78 is 23.2. The molecule has 0 saturated carbocycles. The molecule has 3 aromatic rings. The van der Waals surface area contributed by atoms with Gasteiger partial charge in [0, 0.05) is 38.1 Å². The maximum absolute atomic E-state index is 12.7. The van der Waals surface area contributed by atoms with Gasteiger partial charge in [-0.25, -0.2) is 4.79 Å². The Morgan fingerprint density at radius 3 is 2.62 bits per heavy atom. The van der Waals surface area contributed by atoms with Gasteiger partial charge in [-0.1, -0.05) is 37.8 Å². The summed E-state index contributed by atoms with van der Waals surface area (Å²) in [6.07, 6.45) is 4.31. The number of fused-ring (bicyclic) bond motifs is 1. The van der Waals surface area contributed by atoms with Crippen molar-refractivity contribution >= 4 is 23.0 Å². The molecule has 9 nitrogen and oxygen atoms in total. The van der Waals surface area contributed by atoms with Gasteiger partial charge in [0.25, 0.3) is 0 Å². The highest BCUT2D eigenvalue weighted by Crippen LogP contribution is 2.31. The summed E-state index contributed by atoms with van der Waals surface area (Å²) >= 11 is 0. The average molecular weight is 507 g/mol. The number of benzene rings is 1. The second-order valence-corrected chi connectivity index (χ2v) is 9.02. The number of nitrogens with zero attached hydrogens (tertiary/aromatic N) is 2. The molecule has 1 aromatic carbocycles. The molecule has 4 rings (SSSR count). The van der Waals surface area contributed by atoms with Crippen LogP contribution in [-0.2, 0) is 30.2 Å². The maximum atomic E-state index is 12.7. The van der Waals surface area contributed by atoms with Gasteiger partial charge in [0.05, 0.1) is 5.39 Å². The van der Waals surface area contributed by atoms with Gasteiger partial charge in [-0.15, -0.1) is 0 Å². The Morgan fingerprint density at radius 1 is 1.14 bits per heavy atom. The minimum absolute atomic E-state index is 0.0978. The van der Waals surface area contributed by atoms with Gasteiger partial charge in [-0.05, 0) is 36.5 Å². The van der Waals surface area contributed by atoms with Crippen LogP contribution in [-0.4, -0.2) is 40.3 Å². The van der Waals surface area contributed by atoms with Crippen LogP contribution in [0.4, 0.5) is 0 Å². The van der Waals surface area contributed by atoms with Crippen LogP contribution in [0.1, 0.15) is 69.6 Å². The van der Waals surface area contributed by atoms with Crippen molar-refractivity contribution in [3.63, 3.8) is 0 Å². The number of hydrogen-bond donors (Lipinski definition) is 0. The van der Waals surface area contributed by atoms with Gasteiger partial charge in [-0.2, -0.15) is 4.98 Å². The zero-order valence-corrected chi connectivity index (χ0v) is 21.2. The molecule has 1 aliphatic heterocycles. The van der Waals surface area contributed by atoms with Crippen molar-refractivity contribution in [1.29, 1.82) is 0 Å². The molecule has 1 saturated heterocycles. The number of rotatable bonds is 8. The molecule has 0 bridgehead atoms. The molecule has 0 unspecified atom stereocenters. The van der Waals surface area contributed by atoms with E-state index in [9.17, 15) is 14.4 Å². The first kappa shape index (κ1) is 26.2. The molecule has 0 radical (unpaired) electrons. The fourth-order valence-corrected chi connectivity index (χ4v) is 4.22. The standard InChI is InChI=1S/C28H30N2O7/c1-4-5-6-7-20-8-10-21(11-9-20)12-13-23-14-22-16-30(28(33)29-27(22)36-23)26-15-24(35-19(3)32)25(37-26)17-34-18(2)31/h8-11,14,16,24-26H,4-7,15,17H2,1-3H3/t24-,25+,26+/m0/s1. The minimum atomic E-state index is -0.755. The molecule has 37 heavy (non-hydrogen) atoms. The molecule has 0 spiro atoms. The van der Waals surface area contributed by atoms with Gasteiger partial charge in [0.2, 0.25) is 5.71 Å². The summed E-state index contributed by atoms with van der Waals surface area (Å²) in [5.74, 6) is 5.47. The van der Waals surface area contributed by atoms with E-state index in [0.717, 1.165) is 12.0 Å². The van der Waals surface area contributed by atoms with Crippen LogP contribution >= 0.6 is 0 Å². The van der Waals surface area contributed by atoms with E-state index in [1.54, 1.807) is 12.3 Å². The van der Waals surface area contributed by atoms with Crippen molar-refractivity contribution in [2.24, 2.45) is 0 Å². The van der Waals surface area contributed by atoms with E-state index in [-0.39, 0.29) is 18.7 Å². The smallest absolute Gasteiger partial charge is 0.353 e. The Morgan fingerprint density at radius 2 is 1.92 bits per heavy atom. The second kappa shape index (κ2) is 11.9. The van der Waals surface area contributed by atoms with E-state index < -0.39 is 36.1 Å². The van der Waals surface area contributed by atoms with Crippen molar-refractivity contribution in [3.8, 4) is 11.8 Å². The lowest BCUT2D eigenvalue weighted by molar-refractivity contribution is -0.155. The lowest BCUT2D eigenvalue weighted by Crippen LogP contribution is -2.31. The highest BCUT2D eigenvalue weighted by molar-refractivity contribution is 5.74. The number of ether oxygens (including phenoxy) is 3. The highest BCUT2D eigenvalue weighted by atomic mass is 16.6. The Bertz CT molecular complexity index is 1380. The summed E-state index contributed by atoms with van der Waals surface area (Å²) in [6, 6.07) is 9.86. The minimum Gasteiger partial charge on any atom is -0.463 e. The van der Waals surface area contributed by atoms with Crippen molar-refractivity contribution in [3.05, 3.63) is 63.9 Å². The third-order valence-corrected chi connectivity index (χ3v) is 6.05. The number of aromatic nitrogens is 2. The van der Waals surface area contributed by atoms with E-state index in [1.807, 2.05) is 12.1 Å². The molecule has 1 fully saturated rings. The predicted molar refractivity (Wildman–Crippen MR) is 135 cm³/mol. The molecule has 0 N–H and O–H groups in total. The Balaban J connectivity index is 1.50. The first-order valence-electron chi connectivity index (χ1n) is 12.4. The van der Waals surface area contributed by atoms with Gasteiger partial charge in [-0.3, -0.25) is 14.2 Å². The van der Waals surface area contributed by atoms with Crippen molar-refractivity contribution in [2.45, 2.75) is 71.3 Å². The number of aryl methyl sites for hydroxylation is 1. The van der Waals surface area contributed by atoms with Gasteiger partial charge < -0.3 is 18.6 Å². The molecule has 9 heteroatoms. The second-order valence-electron chi connectivity index (χ2n) is 9.02. The van der Waals surface area contributed by atoms with Crippen LogP contribution in [0.25, 0.3) is 11.1 Å². The number of esters is 2. The molecule has 1 aliphatic rings. The summed E-state index contributed by atoms with van der Waals surface area (Å²) in [6.45, 7) is 4.65. The van der Waals surface area contributed by atoms with Gasteiger partial charge in [0.1, 0.15) is 25.0 Å². The SMILES string of the molecule is CCCCCc1ccc(C#Cc2cc3cn([C@H]4C[C@H](OC(C)=O)[C@@H](COC(C)=O)O4)c(=O)nc3o2)cc1. The Labute approximate surface area is 214 Å². The maximum Gasteiger partial charge on any atom is 0.353 e. The predicted octanol–water partition coefficient (Wildman–Crippen LogP) is 3.90. The van der Waals surface area contributed by atoms with Crippen molar-refractivity contribution in [1.82, 2.24) is 9.55 Å². The topological polar surface area (TPSA) is 110 Å². The highest BCUT2D eigenvalue weighted by Gasteiger charge is 2.39. The molecule has 3 atom stereocenters. The summed E-state index contributed by atoms with van der Waals surface area (Å²) in [5, 5.41) is 0.575. The van der Waals surface area contributed by atoms with E-state index in [4.69, 9.17) is 18.6 Å². The van der Waals surface area contributed by atoms with E-state index in [1.165, 1.54) is 43.2 Å². The monoisotopic (exact) mass is 506 g/mol. The van der Waals surface area contributed by atoms with Crippen LogP contribution in [0.15, 0.2) is 45.7 Å². The van der Waals surface area contributed by atoms with Crippen LogP contribution in [0.5, 0.6) is 0 Å². The third-order valence-electron chi connectivity index (χ3n) is 6.05. The van der Waals surface area contributed by atoms with Gasteiger partial charge in [0.15, 0.2) is 5.76 Å². The lowest BCUT2D eigenvalue weighted by atomic mass is 10.1. The van der Waals surface area contributed by atoms with Crippen LogP contribution in [0.2, 0.25) is 0 Å². The van der Waals surface area contributed by atoms with Gasteiger partial charge >= 0.3 is 17.6 Å². The fraction of sp³-hybridized carbons (Fsp3) is 0.429. The normalized spacial score (nSPS) is 18.8. The number of carbonyl (C=O) groups is 2. The van der Waals surface area contributed by atoms with Crippen LogP contribution < -0.4 is 5.69 Å². The molecule has 194 valence electrons. The van der Waals surface area contributed by atoms with E-state index in [2.05, 4.69) is 35.9 Å². The Hall–Kier alpha value is -3.90. The van der Waals surface area contributed by atoms with E-state index in [0.29, 0.717) is 11.1 Å². The largest absolute Gasteiger partial charge is 0.463 e. The molecule has 0 aliphatic carbocycles. The molecular formula is C28H30N2O7. The first-order chi connectivity index (χ1) is 17.8. The van der Waals surface area contributed by atoms with E-state index >= 15 is 0 Å². The number of unbranched alkanes of at least 4 members (excludes halogenated alkanes) is 2. The number of carbonyl (C=O) groups excluding carboxylic acids is 2. The molecular weight excluding hydrogens is 476 g/mol. The summed E-state index contributed by atoms with van der Waals surface area (Å²) in [5.41, 5.74) is 1.74. The molecule has 0 amide bonds. The fourth-order valence-electron chi connectivity index (χ4n) is 4.22. The van der Waals surface area contributed by atoms with Crippen LogP contribution in [0.3, 0.4) is 0 Å². The third kappa shape index (κ3) is 6.86. The molecule has 2 aromatic heterocycles. The number of hydrogen-bond acceptors (Lipinski definition) is 8. The van der Waals surface area contributed by atoms with Crippen molar-refractivity contribution < 1.29 is 28.2 Å². The summed E-state index contributed by atoms with van der Waals surface area (Å²) in [7, 11) is 0. The Kier molecular flexibility index (Phi) is 8.41. The van der Waals surface area contributed by atoms with Crippen molar-refractivity contribution in [2.75, 3.05) is 6.61 Å². The zero-order chi connectivity index (χ0) is 26.4. The lowest BCUT2D eigenvalue weighted by Gasteiger charge is -2.17. The average Bonchev–Trinajstić information content (AvgIpc) is 3.44. The zero-order valence-electron chi connectivity index (χ0n) is 21.2. The number of furan rings is 1. The summed E-state index contributed by atoms with van der Waals surface area (Å²) in [4.78, 5) is 39.5. The van der Waals surface area contributed by atoms with Crippen LogP contribution in [0, 0.1) is 11.8 Å². The molecule has 3 heterocycles. The first-order valence-corrected chi connectivity index (χ1v) is 12.4. The quantitative estimate of drug-likeness (QED) is 0.257.